The van der Waals surface area contributed by atoms with Crippen molar-refractivity contribution in [2.45, 2.75) is 30.7 Å². The maximum atomic E-state index is 11.8. The molecule has 0 amide bonds. The highest BCUT2D eigenvalue weighted by atomic mass is 32.2. The fourth-order valence-corrected chi connectivity index (χ4v) is 3.71. The lowest BCUT2D eigenvalue weighted by Gasteiger charge is -2.28. The van der Waals surface area contributed by atoms with Gasteiger partial charge in [-0.25, -0.2) is 0 Å². The van der Waals surface area contributed by atoms with Crippen molar-refractivity contribution in [2.75, 3.05) is 38.3 Å². The third kappa shape index (κ3) is 4.02. The van der Waals surface area contributed by atoms with Gasteiger partial charge in [0.05, 0.1) is 26.0 Å². The van der Waals surface area contributed by atoms with Crippen molar-refractivity contribution in [1.82, 2.24) is 14.8 Å². The molecule has 0 N–H and O–H groups in total. The molecule has 3 rings (SSSR count). The van der Waals surface area contributed by atoms with Gasteiger partial charge >= 0.3 is 5.97 Å². The Bertz CT molecular complexity index is 759. The number of anilines is 1. The number of aryl methyl sites for hydroxylation is 1. The highest BCUT2D eigenvalue weighted by Crippen LogP contribution is 2.30. The quantitative estimate of drug-likeness (QED) is 0.566. The highest BCUT2D eigenvalue weighted by Gasteiger charge is 2.25. The number of morpholine rings is 1. The van der Waals surface area contributed by atoms with Crippen LogP contribution < -0.4 is 4.90 Å². The Balaban J connectivity index is 2.01. The van der Waals surface area contributed by atoms with Crippen LogP contribution in [0.25, 0.3) is 5.69 Å². The van der Waals surface area contributed by atoms with Gasteiger partial charge in [-0.1, -0.05) is 30.8 Å². The lowest BCUT2D eigenvalue weighted by molar-refractivity contribution is -0.139. The van der Waals surface area contributed by atoms with Gasteiger partial charge in [-0.2, -0.15) is 0 Å². The molecule has 0 spiro atoms. The molecular weight excluding hydrogens is 352 g/mol. The molecular formula is C18H24N4O3S. The number of benzene rings is 1. The second-order valence-corrected chi connectivity index (χ2v) is 7.33. The van der Waals surface area contributed by atoms with Crippen LogP contribution in [0.5, 0.6) is 0 Å². The van der Waals surface area contributed by atoms with Crippen molar-refractivity contribution >= 4 is 23.7 Å². The topological polar surface area (TPSA) is 69.5 Å². The summed E-state index contributed by atoms with van der Waals surface area (Å²) in [6.45, 7) is 6.81. The summed E-state index contributed by atoms with van der Waals surface area (Å²) in [5, 5.41) is 9.10. The Hall–Kier alpha value is -2.06. The molecule has 2 heterocycles. The van der Waals surface area contributed by atoms with Crippen molar-refractivity contribution in [3.05, 3.63) is 29.8 Å². The SMILES string of the molecule is CCc1cccc(-n2c(S[C@@H](C)C(=O)OC)nnc2N2CCOCC2)c1. The lowest BCUT2D eigenvalue weighted by atomic mass is 10.1. The van der Waals surface area contributed by atoms with E-state index in [1.807, 2.05) is 23.6 Å². The summed E-state index contributed by atoms with van der Waals surface area (Å²) in [6, 6.07) is 8.32. The summed E-state index contributed by atoms with van der Waals surface area (Å²) in [7, 11) is 1.40. The van der Waals surface area contributed by atoms with Crippen molar-refractivity contribution in [3.63, 3.8) is 0 Å². The molecule has 140 valence electrons. The van der Waals surface area contributed by atoms with E-state index in [4.69, 9.17) is 9.47 Å². The van der Waals surface area contributed by atoms with Crippen LogP contribution in [0.2, 0.25) is 0 Å². The van der Waals surface area contributed by atoms with Crippen molar-refractivity contribution < 1.29 is 14.3 Å². The monoisotopic (exact) mass is 376 g/mol. The molecule has 0 unspecified atom stereocenters. The highest BCUT2D eigenvalue weighted by molar-refractivity contribution is 8.00. The number of carbonyl (C=O) groups excluding carboxylic acids is 1. The van der Waals surface area contributed by atoms with Crippen LogP contribution in [0.15, 0.2) is 29.4 Å². The summed E-state index contributed by atoms with van der Waals surface area (Å²) in [5.74, 6) is 0.501. The fourth-order valence-electron chi connectivity index (χ4n) is 2.82. The van der Waals surface area contributed by atoms with Crippen LogP contribution in [0.1, 0.15) is 19.4 Å². The number of hydrogen-bond donors (Lipinski definition) is 0. The smallest absolute Gasteiger partial charge is 0.318 e. The second-order valence-electron chi connectivity index (χ2n) is 6.02. The minimum Gasteiger partial charge on any atom is -0.468 e. The third-order valence-corrected chi connectivity index (χ3v) is 5.32. The molecule has 1 fully saturated rings. The van der Waals surface area contributed by atoms with E-state index in [1.165, 1.54) is 24.4 Å². The van der Waals surface area contributed by atoms with E-state index in [9.17, 15) is 4.79 Å². The Kier molecular flexibility index (Phi) is 6.16. The van der Waals surface area contributed by atoms with Gasteiger partial charge in [0, 0.05) is 13.1 Å². The lowest BCUT2D eigenvalue weighted by Crippen LogP contribution is -2.37. The van der Waals surface area contributed by atoms with Crippen LogP contribution >= 0.6 is 11.8 Å². The van der Waals surface area contributed by atoms with Crippen LogP contribution in [0.4, 0.5) is 5.95 Å². The molecule has 1 aromatic heterocycles. The molecule has 1 aliphatic heterocycles. The van der Waals surface area contributed by atoms with Crippen LogP contribution in [0.3, 0.4) is 0 Å². The zero-order chi connectivity index (χ0) is 18.5. The van der Waals surface area contributed by atoms with E-state index >= 15 is 0 Å². The van der Waals surface area contributed by atoms with Crippen LogP contribution in [0, 0.1) is 0 Å². The molecule has 7 nitrogen and oxygen atoms in total. The molecule has 2 aromatic rings. The van der Waals surface area contributed by atoms with E-state index in [2.05, 4.69) is 34.2 Å². The van der Waals surface area contributed by atoms with E-state index in [1.54, 1.807) is 0 Å². The molecule has 1 atom stereocenters. The Labute approximate surface area is 157 Å². The third-order valence-electron chi connectivity index (χ3n) is 4.30. The normalized spacial score (nSPS) is 15.7. The summed E-state index contributed by atoms with van der Waals surface area (Å²) < 4.78 is 12.3. The van der Waals surface area contributed by atoms with E-state index in [0.29, 0.717) is 18.4 Å². The number of methoxy groups -OCH3 is 1. The number of nitrogens with zero attached hydrogens (tertiary/aromatic N) is 4. The van der Waals surface area contributed by atoms with Crippen molar-refractivity contribution in [3.8, 4) is 5.69 Å². The molecule has 0 radical (unpaired) electrons. The molecule has 0 saturated carbocycles. The van der Waals surface area contributed by atoms with Crippen LogP contribution in [-0.2, 0) is 20.7 Å². The second kappa shape index (κ2) is 8.55. The standard InChI is InChI=1S/C18H24N4O3S/c1-4-14-6-5-7-15(12-14)22-17(21-8-10-25-11-9-21)19-20-18(22)26-13(2)16(23)24-3/h5-7,12-13H,4,8-11H2,1-3H3/t13-/m0/s1. The Morgan fingerprint density at radius 3 is 2.81 bits per heavy atom. The van der Waals surface area contributed by atoms with Gasteiger partial charge in [0.25, 0.3) is 0 Å². The summed E-state index contributed by atoms with van der Waals surface area (Å²) in [5.41, 5.74) is 2.23. The van der Waals surface area contributed by atoms with E-state index in [-0.39, 0.29) is 11.2 Å². The zero-order valence-corrected chi connectivity index (χ0v) is 16.2. The van der Waals surface area contributed by atoms with Gasteiger partial charge in [0.2, 0.25) is 5.95 Å². The average Bonchev–Trinajstić information content (AvgIpc) is 3.11. The van der Waals surface area contributed by atoms with Gasteiger partial charge in [-0.15, -0.1) is 10.2 Å². The largest absolute Gasteiger partial charge is 0.468 e. The van der Waals surface area contributed by atoms with Crippen LogP contribution in [-0.4, -0.2) is 59.4 Å². The number of esters is 1. The average molecular weight is 376 g/mol. The first-order valence-electron chi connectivity index (χ1n) is 8.76. The maximum absolute atomic E-state index is 11.8. The number of carbonyl (C=O) groups is 1. The van der Waals surface area contributed by atoms with E-state index < -0.39 is 0 Å². The number of hydrogen-bond acceptors (Lipinski definition) is 7. The zero-order valence-electron chi connectivity index (χ0n) is 15.3. The predicted octanol–water partition coefficient (Wildman–Crippen LogP) is 2.32. The first-order chi connectivity index (χ1) is 12.6. The van der Waals surface area contributed by atoms with Gasteiger partial charge < -0.3 is 14.4 Å². The number of rotatable bonds is 6. The Morgan fingerprint density at radius 2 is 2.12 bits per heavy atom. The van der Waals surface area contributed by atoms with Gasteiger partial charge in [0.1, 0.15) is 5.25 Å². The molecule has 1 saturated heterocycles. The first-order valence-corrected chi connectivity index (χ1v) is 9.64. The number of thioether (sulfide) groups is 1. The van der Waals surface area contributed by atoms with Crippen molar-refractivity contribution in [1.29, 1.82) is 0 Å². The fraction of sp³-hybridized carbons (Fsp3) is 0.500. The number of ether oxygens (including phenoxy) is 2. The molecule has 26 heavy (non-hydrogen) atoms. The summed E-state index contributed by atoms with van der Waals surface area (Å²) in [6.07, 6.45) is 0.948. The minimum absolute atomic E-state index is 0.278. The molecule has 0 aliphatic carbocycles. The van der Waals surface area contributed by atoms with Gasteiger partial charge in [0.15, 0.2) is 5.16 Å². The summed E-state index contributed by atoms with van der Waals surface area (Å²) >= 11 is 1.35. The molecule has 1 aliphatic rings. The number of aromatic nitrogens is 3. The Morgan fingerprint density at radius 1 is 1.35 bits per heavy atom. The van der Waals surface area contributed by atoms with E-state index in [0.717, 1.165) is 31.1 Å². The van der Waals surface area contributed by atoms with Crippen molar-refractivity contribution in [2.24, 2.45) is 0 Å². The maximum Gasteiger partial charge on any atom is 0.318 e. The summed E-state index contributed by atoms with van der Waals surface area (Å²) in [4.78, 5) is 14.0. The molecule has 0 bridgehead atoms. The van der Waals surface area contributed by atoms with Gasteiger partial charge in [-0.3, -0.25) is 9.36 Å². The van der Waals surface area contributed by atoms with Gasteiger partial charge in [-0.05, 0) is 31.0 Å². The first kappa shape index (κ1) is 18.7. The molecule has 8 heteroatoms. The minimum atomic E-state index is -0.366. The predicted molar refractivity (Wildman–Crippen MR) is 101 cm³/mol. The molecule has 1 aromatic carbocycles.